The van der Waals surface area contributed by atoms with E-state index in [1.807, 2.05) is 6.92 Å². The molecule has 0 bridgehead atoms. The van der Waals surface area contributed by atoms with Crippen molar-refractivity contribution in [1.82, 2.24) is 0 Å². The molecule has 1 N–H and O–H groups in total. The summed E-state index contributed by atoms with van der Waals surface area (Å²) in [5.74, 6) is 0.393. The number of nitro groups is 2. The quantitative estimate of drug-likeness (QED) is 0.378. The van der Waals surface area contributed by atoms with E-state index in [4.69, 9.17) is 0 Å². The first-order valence-corrected chi connectivity index (χ1v) is 10.2. The summed E-state index contributed by atoms with van der Waals surface area (Å²) >= 11 is 0. The van der Waals surface area contributed by atoms with Crippen LogP contribution in [-0.2, 0) is 0 Å². The number of aryl methyl sites for hydroxylation is 1. The Balaban J connectivity index is 1.90. The van der Waals surface area contributed by atoms with Crippen LogP contribution in [0.3, 0.4) is 0 Å². The van der Waals surface area contributed by atoms with Crippen LogP contribution in [0.25, 0.3) is 0 Å². The van der Waals surface area contributed by atoms with Gasteiger partial charge in [-0.3, -0.25) is 25.7 Å². The number of anilines is 2. The molecule has 0 saturated heterocycles. The third kappa shape index (κ3) is 4.35. The molecule has 2 aromatic rings. The number of nitrogens with one attached hydrogen (secondary N) is 1. The molecule has 1 atom stereocenters. The summed E-state index contributed by atoms with van der Waals surface area (Å²) in [6.45, 7) is 11.8. The van der Waals surface area contributed by atoms with E-state index < -0.39 is 15.5 Å². The highest BCUT2D eigenvalue weighted by Gasteiger charge is 2.35. The molecule has 2 aromatic carbocycles. The smallest absolute Gasteiger partial charge is 0.301 e. The van der Waals surface area contributed by atoms with Crippen molar-refractivity contribution in [3.63, 3.8) is 0 Å². The lowest BCUT2D eigenvalue weighted by atomic mass is 9.79. The first-order valence-electron chi connectivity index (χ1n) is 10.2. The number of nitro benzene ring substituents is 2. The fraction of sp³-hybridized carbons (Fsp3) is 0.409. The average Bonchev–Trinajstić information content (AvgIpc) is 2.68. The van der Waals surface area contributed by atoms with E-state index in [-0.39, 0.29) is 16.9 Å². The zero-order chi connectivity index (χ0) is 22.9. The van der Waals surface area contributed by atoms with Gasteiger partial charge in [-0.2, -0.15) is 5.10 Å². The van der Waals surface area contributed by atoms with Crippen molar-refractivity contribution in [2.45, 2.75) is 52.5 Å². The Hall–Kier alpha value is -3.49. The second kappa shape index (κ2) is 8.33. The second-order valence-corrected chi connectivity index (χ2v) is 8.52. The van der Waals surface area contributed by atoms with E-state index in [2.05, 4.69) is 55.3 Å². The topological polar surface area (TPSA) is 114 Å². The van der Waals surface area contributed by atoms with Crippen molar-refractivity contribution in [3.05, 3.63) is 67.3 Å². The highest BCUT2D eigenvalue weighted by Crippen LogP contribution is 2.44. The molecule has 31 heavy (non-hydrogen) atoms. The predicted molar refractivity (Wildman–Crippen MR) is 122 cm³/mol. The van der Waals surface area contributed by atoms with E-state index in [0.717, 1.165) is 30.2 Å². The number of rotatable bonds is 6. The van der Waals surface area contributed by atoms with Crippen molar-refractivity contribution < 1.29 is 9.85 Å². The van der Waals surface area contributed by atoms with Crippen LogP contribution in [0.2, 0.25) is 0 Å². The average molecular weight is 425 g/mol. The Morgan fingerprint density at radius 1 is 1.23 bits per heavy atom. The van der Waals surface area contributed by atoms with Gasteiger partial charge in [-0.05, 0) is 74.9 Å². The Bertz CT molecular complexity index is 1060. The Labute approximate surface area is 181 Å². The van der Waals surface area contributed by atoms with Gasteiger partial charge in [0.1, 0.15) is 5.69 Å². The summed E-state index contributed by atoms with van der Waals surface area (Å²) in [5, 5.41) is 26.3. The first kappa shape index (κ1) is 22.2. The van der Waals surface area contributed by atoms with Crippen LogP contribution in [-0.4, -0.2) is 28.1 Å². The predicted octanol–water partition coefficient (Wildman–Crippen LogP) is 5.37. The fourth-order valence-corrected chi connectivity index (χ4v) is 4.44. The Kier molecular flexibility index (Phi) is 5.97. The molecular weight excluding hydrogens is 398 g/mol. The van der Waals surface area contributed by atoms with Gasteiger partial charge in [0.25, 0.3) is 5.69 Å². The second-order valence-electron chi connectivity index (χ2n) is 8.52. The van der Waals surface area contributed by atoms with Crippen LogP contribution in [0.5, 0.6) is 0 Å². The van der Waals surface area contributed by atoms with Gasteiger partial charge in [-0.25, -0.2) is 0 Å². The summed E-state index contributed by atoms with van der Waals surface area (Å²) in [7, 11) is 0. The molecule has 0 amide bonds. The maximum atomic E-state index is 11.3. The van der Waals surface area contributed by atoms with E-state index in [1.165, 1.54) is 23.4 Å². The molecule has 0 aliphatic carbocycles. The van der Waals surface area contributed by atoms with Crippen LogP contribution in [0.1, 0.15) is 56.7 Å². The lowest BCUT2D eigenvalue weighted by molar-refractivity contribution is -0.393. The van der Waals surface area contributed by atoms with E-state index >= 15 is 0 Å². The minimum absolute atomic E-state index is 0.0830. The number of hydrogen-bond acceptors (Lipinski definition) is 7. The lowest BCUT2D eigenvalue weighted by Crippen LogP contribution is -2.48. The molecule has 164 valence electrons. The molecule has 1 aliphatic heterocycles. The third-order valence-corrected chi connectivity index (χ3v) is 5.87. The molecule has 9 nitrogen and oxygen atoms in total. The summed E-state index contributed by atoms with van der Waals surface area (Å²) in [5.41, 5.74) is 6.54. The summed E-state index contributed by atoms with van der Waals surface area (Å²) in [6.07, 6.45) is 2.67. The fourth-order valence-electron chi connectivity index (χ4n) is 4.44. The van der Waals surface area contributed by atoms with Crippen LogP contribution in [0.15, 0.2) is 35.4 Å². The van der Waals surface area contributed by atoms with Gasteiger partial charge >= 0.3 is 5.69 Å². The molecule has 0 aromatic heterocycles. The minimum Gasteiger partial charge on any atom is -0.366 e. The molecule has 0 fully saturated rings. The van der Waals surface area contributed by atoms with Crippen LogP contribution in [0, 0.1) is 27.2 Å². The summed E-state index contributed by atoms with van der Waals surface area (Å²) in [4.78, 5) is 23.2. The molecule has 9 heteroatoms. The largest absolute Gasteiger partial charge is 0.366 e. The highest BCUT2D eigenvalue weighted by molar-refractivity contribution is 5.85. The normalized spacial score (nSPS) is 17.5. The number of non-ortho nitro benzene ring substituents is 1. The van der Waals surface area contributed by atoms with Crippen LogP contribution >= 0.6 is 0 Å². The molecule has 1 heterocycles. The van der Waals surface area contributed by atoms with E-state index in [1.54, 1.807) is 6.21 Å². The summed E-state index contributed by atoms with van der Waals surface area (Å²) in [6, 6.07) is 7.72. The highest BCUT2D eigenvalue weighted by atomic mass is 16.6. The van der Waals surface area contributed by atoms with Gasteiger partial charge in [0.2, 0.25) is 0 Å². The third-order valence-electron chi connectivity index (χ3n) is 5.87. The van der Waals surface area contributed by atoms with Crippen molar-refractivity contribution >= 4 is 29.0 Å². The standard InChI is InChI=1S/C22H27N5O4/c1-6-25-20-9-14(2)16(10-18(20)15(3)12-22(25,4)5)13-23-24-19-8-7-17(26(28)29)11-21(19)27(30)31/h7-11,13,15,24H,6,12H2,1-5H3/b23-13+. The molecule has 0 saturated carbocycles. The van der Waals surface area contributed by atoms with Crippen molar-refractivity contribution in [2.24, 2.45) is 5.10 Å². The van der Waals surface area contributed by atoms with Gasteiger partial charge in [0.05, 0.1) is 22.1 Å². The molecule has 1 aliphatic rings. The van der Waals surface area contributed by atoms with Crippen molar-refractivity contribution in [2.75, 3.05) is 16.9 Å². The van der Waals surface area contributed by atoms with Gasteiger partial charge in [-0.1, -0.05) is 6.92 Å². The lowest BCUT2D eigenvalue weighted by Gasteiger charge is -2.47. The maximum Gasteiger partial charge on any atom is 0.301 e. The monoisotopic (exact) mass is 425 g/mol. The van der Waals surface area contributed by atoms with Crippen LogP contribution < -0.4 is 10.3 Å². The number of fused-ring (bicyclic) bond motifs is 1. The van der Waals surface area contributed by atoms with Gasteiger partial charge < -0.3 is 4.90 Å². The maximum absolute atomic E-state index is 11.3. The molecule has 0 radical (unpaired) electrons. The van der Waals surface area contributed by atoms with Gasteiger partial charge in [0, 0.05) is 23.8 Å². The van der Waals surface area contributed by atoms with Crippen LogP contribution in [0.4, 0.5) is 22.7 Å². The zero-order valence-corrected chi connectivity index (χ0v) is 18.4. The molecule has 3 rings (SSSR count). The zero-order valence-electron chi connectivity index (χ0n) is 18.4. The number of benzene rings is 2. The van der Waals surface area contributed by atoms with Crippen molar-refractivity contribution in [3.8, 4) is 0 Å². The van der Waals surface area contributed by atoms with Gasteiger partial charge in [-0.15, -0.1) is 0 Å². The van der Waals surface area contributed by atoms with Gasteiger partial charge in [0.15, 0.2) is 0 Å². The number of hydrazone groups is 1. The molecular formula is C22H27N5O4. The number of hydrogen-bond donors (Lipinski definition) is 1. The Morgan fingerprint density at radius 2 is 1.94 bits per heavy atom. The number of nitrogens with zero attached hydrogens (tertiary/aromatic N) is 4. The van der Waals surface area contributed by atoms with Crippen molar-refractivity contribution in [1.29, 1.82) is 0 Å². The SMILES string of the molecule is CCN1c2cc(C)c(/C=N/Nc3ccc([N+](=O)[O-])cc3[N+](=O)[O-])cc2C(C)CC1(C)C. The first-order chi connectivity index (χ1) is 14.5. The summed E-state index contributed by atoms with van der Waals surface area (Å²) < 4.78 is 0. The minimum atomic E-state index is -0.669. The van der Waals surface area contributed by atoms with E-state index in [0.29, 0.717) is 5.92 Å². The molecule has 0 spiro atoms. The molecule has 1 unspecified atom stereocenters. The Morgan fingerprint density at radius 3 is 2.55 bits per heavy atom. The van der Waals surface area contributed by atoms with E-state index in [9.17, 15) is 20.2 Å².